The van der Waals surface area contributed by atoms with Gasteiger partial charge in [0, 0.05) is 39.4 Å². The minimum Gasteiger partial charge on any atom is -0.209 e. The summed E-state index contributed by atoms with van der Waals surface area (Å²) in [4.78, 5) is 0. The standard InChI is InChI=1S/FHO.Fe.Ta/c1-2;;/h2H;;. The fourth-order valence-electron chi connectivity index (χ4n) is 0. The summed E-state index contributed by atoms with van der Waals surface area (Å²) in [6.45, 7) is 0. The van der Waals surface area contributed by atoms with Crippen LogP contribution in [0.2, 0.25) is 0 Å². The SMILES string of the molecule is OF.[Fe].[Ta]. The van der Waals surface area contributed by atoms with Gasteiger partial charge in [0.2, 0.25) is 0 Å². The molecule has 1 nitrogen and oxygen atoms in total. The monoisotopic (exact) mass is 273 g/mol. The van der Waals surface area contributed by atoms with Gasteiger partial charge in [-0.3, -0.25) is 0 Å². The molecule has 0 saturated heterocycles. The van der Waals surface area contributed by atoms with E-state index in [1.807, 2.05) is 0 Å². The van der Waals surface area contributed by atoms with Gasteiger partial charge in [-0.15, -0.1) is 0 Å². The quantitative estimate of drug-likeness (QED) is 0.609. The second kappa shape index (κ2) is 31.1. The second-order valence-electron chi connectivity index (χ2n) is 0. The average molecular weight is 273 g/mol. The number of hydrogen-bond donors (Lipinski definition) is 1. The van der Waals surface area contributed by atoms with Crippen molar-refractivity contribution in [3.63, 3.8) is 0 Å². The molecule has 0 aromatic rings. The Morgan fingerprint density at radius 2 is 1.25 bits per heavy atom. The zero-order valence-electron chi connectivity index (χ0n) is 1.63. The Balaban J connectivity index is -0.00000000500. The molecule has 0 heterocycles. The van der Waals surface area contributed by atoms with Crippen LogP contribution in [0.1, 0.15) is 0 Å². The normalized spacial score (nSPS) is 1.50. The summed E-state index contributed by atoms with van der Waals surface area (Å²) in [6, 6.07) is 0. The largest absolute Gasteiger partial charge is 0.209 e. The molecule has 0 amide bonds. The predicted molar refractivity (Wildman–Crippen MR) is 3.33 cm³/mol. The summed E-state index contributed by atoms with van der Waals surface area (Å²) in [5.41, 5.74) is 0. The van der Waals surface area contributed by atoms with Crippen LogP contribution in [0.3, 0.4) is 0 Å². The van der Waals surface area contributed by atoms with E-state index in [4.69, 9.17) is 9.84 Å². The first kappa shape index (κ1) is 19.2. The molecule has 0 bridgehead atoms. The van der Waals surface area contributed by atoms with Crippen molar-refractivity contribution in [3.05, 3.63) is 0 Å². The molecule has 4 heteroatoms. The van der Waals surface area contributed by atoms with E-state index in [0.29, 0.717) is 0 Å². The molecule has 0 fully saturated rings. The molecule has 1 radical (unpaired) electrons. The Bertz CT molecular complexity index is 8.00. The molecule has 0 saturated carbocycles. The molecule has 4 heavy (non-hydrogen) atoms. The Labute approximate surface area is 49.5 Å². The Hall–Kier alpha value is 1.15. The Morgan fingerprint density at radius 1 is 1.25 bits per heavy atom. The minimum absolute atomic E-state index is 0. The first-order valence-corrected chi connectivity index (χ1v) is 0.169. The van der Waals surface area contributed by atoms with Crippen LogP contribution < -0.4 is 0 Å². The summed E-state index contributed by atoms with van der Waals surface area (Å²) in [6.07, 6.45) is 0. The maximum atomic E-state index is 8.50. The zero-order valence-corrected chi connectivity index (χ0v) is 5.94. The first-order chi connectivity index (χ1) is 1.00. The molecule has 0 spiro atoms. The minimum atomic E-state index is 0. The van der Waals surface area contributed by atoms with E-state index < -0.39 is 0 Å². The predicted octanol–water partition coefficient (Wildman–Crippen LogP) is -0.142. The summed E-state index contributed by atoms with van der Waals surface area (Å²) in [5, 5.41) is 5.50. The summed E-state index contributed by atoms with van der Waals surface area (Å²) in [5.74, 6) is 0. The van der Waals surface area contributed by atoms with Gasteiger partial charge >= 0.3 is 0 Å². The zero-order chi connectivity index (χ0) is 2.00. The molecule has 0 aliphatic heterocycles. The topological polar surface area (TPSA) is 20.2 Å². The van der Waals surface area contributed by atoms with Gasteiger partial charge < -0.3 is 0 Å². The van der Waals surface area contributed by atoms with Gasteiger partial charge in [-0.2, -0.15) is 0 Å². The molecule has 0 aromatic carbocycles. The van der Waals surface area contributed by atoms with E-state index in [9.17, 15) is 0 Å². The van der Waals surface area contributed by atoms with Gasteiger partial charge in [0.05, 0.1) is 0 Å². The number of rotatable bonds is 0. The molecule has 0 aliphatic carbocycles. The van der Waals surface area contributed by atoms with E-state index in [2.05, 4.69) is 0 Å². The van der Waals surface area contributed by atoms with Crippen molar-refractivity contribution in [1.29, 1.82) is 0 Å². The third-order valence-electron chi connectivity index (χ3n) is 0. The second-order valence-corrected chi connectivity index (χ2v) is 0. The van der Waals surface area contributed by atoms with Crippen LogP contribution in [0, 0.1) is 0 Å². The number of halogens is 1. The molecule has 0 atom stereocenters. The third-order valence-corrected chi connectivity index (χ3v) is 0. The van der Waals surface area contributed by atoms with Crippen LogP contribution in [0.25, 0.3) is 0 Å². The van der Waals surface area contributed by atoms with Gasteiger partial charge in [-0.05, 0) is 0 Å². The Kier molecular flexibility index (Phi) is 149. The summed E-state index contributed by atoms with van der Waals surface area (Å²) < 4.78 is 8.50. The fraction of sp³-hybridized carbons (Fsp3) is 0. The van der Waals surface area contributed by atoms with Crippen molar-refractivity contribution in [2.45, 2.75) is 0 Å². The molecular weight excluding hydrogens is 272 g/mol. The van der Waals surface area contributed by atoms with Crippen LogP contribution in [-0.2, 0) is 39.4 Å². The summed E-state index contributed by atoms with van der Waals surface area (Å²) >= 11 is 0. The molecule has 1 N–H and O–H groups in total. The Morgan fingerprint density at radius 3 is 1.25 bits per heavy atom. The van der Waals surface area contributed by atoms with Crippen LogP contribution in [0.15, 0.2) is 0 Å². The van der Waals surface area contributed by atoms with Gasteiger partial charge in [-0.25, -0.2) is 5.31 Å². The van der Waals surface area contributed by atoms with E-state index >= 15 is 0 Å². The van der Waals surface area contributed by atoms with Crippen LogP contribution in [-0.4, -0.2) is 5.31 Å². The van der Waals surface area contributed by atoms with Crippen molar-refractivity contribution < 1.29 is 49.3 Å². The maximum Gasteiger partial charge on any atom is 0 e. The van der Waals surface area contributed by atoms with Gasteiger partial charge in [-0.1, -0.05) is 4.53 Å². The molecule has 0 aliphatic rings. The van der Waals surface area contributed by atoms with Gasteiger partial charge in [0.25, 0.3) is 0 Å². The maximum absolute atomic E-state index is 8.50. The van der Waals surface area contributed by atoms with Gasteiger partial charge in [0.1, 0.15) is 0 Å². The smallest absolute Gasteiger partial charge is 0 e. The van der Waals surface area contributed by atoms with Crippen molar-refractivity contribution in [1.82, 2.24) is 0 Å². The van der Waals surface area contributed by atoms with Crippen LogP contribution in [0.4, 0.5) is 4.53 Å². The van der Waals surface area contributed by atoms with E-state index in [-0.39, 0.29) is 39.4 Å². The summed E-state index contributed by atoms with van der Waals surface area (Å²) in [7, 11) is 0. The van der Waals surface area contributed by atoms with Crippen molar-refractivity contribution in [2.24, 2.45) is 0 Å². The first-order valence-electron chi connectivity index (χ1n) is 0.169. The van der Waals surface area contributed by atoms with Crippen molar-refractivity contribution in [2.75, 3.05) is 0 Å². The van der Waals surface area contributed by atoms with Crippen LogP contribution >= 0.6 is 0 Å². The van der Waals surface area contributed by atoms with Crippen LogP contribution in [0.5, 0.6) is 0 Å². The molecule has 0 rings (SSSR count). The molecule has 0 unspecified atom stereocenters. The molecule has 27 valence electrons. The number of hydrogen-bond acceptors (Lipinski definition) is 1. The van der Waals surface area contributed by atoms with E-state index in [0.717, 1.165) is 0 Å². The van der Waals surface area contributed by atoms with Crippen molar-refractivity contribution in [3.8, 4) is 0 Å². The van der Waals surface area contributed by atoms with E-state index in [1.54, 1.807) is 0 Å². The third kappa shape index (κ3) is 11.0. The molecular formula is HFFeOTa. The average Bonchev–Trinajstić information content (AvgIpc) is 1.00. The van der Waals surface area contributed by atoms with Crippen molar-refractivity contribution >= 4 is 0 Å². The van der Waals surface area contributed by atoms with Gasteiger partial charge in [0.15, 0.2) is 0 Å². The van der Waals surface area contributed by atoms with E-state index in [1.165, 1.54) is 0 Å². The fourth-order valence-corrected chi connectivity index (χ4v) is 0. The molecule has 0 aromatic heterocycles.